The van der Waals surface area contributed by atoms with Crippen molar-refractivity contribution in [3.8, 4) is 22.4 Å². The average molecular weight is 623 g/mol. The van der Waals surface area contributed by atoms with E-state index < -0.39 is 23.8 Å². The summed E-state index contributed by atoms with van der Waals surface area (Å²) in [6.07, 6.45) is 1.96. The number of aromatic carboxylic acids is 1. The van der Waals surface area contributed by atoms with Crippen LogP contribution in [0.15, 0.2) is 89.9 Å². The van der Waals surface area contributed by atoms with Crippen molar-refractivity contribution in [3.63, 3.8) is 0 Å². The SMILES string of the molecule is CC(=O)NC(CCCN=CN)C(=O)Nc1c(C(=O)Nc2cccc(C(=O)O)c2)c(-c2ccccc2)c(-c2ccccc2)n1C(C)C. The van der Waals surface area contributed by atoms with E-state index in [2.05, 4.69) is 20.9 Å². The Morgan fingerprint density at radius 1 is 0.913 bits per heavy atom. The predicted octanol–water partition coefficient (Wildman–Crippen LogP) is 5.56. The third-order valence-corrected chi connectivity index (χ3v) is 7.25. The van der Waals surface area contributed by atoms with Crippen LogP contribution in [-0.2, 0) is 9.59 Å². The standard InChI is InChI=1S/C35H38N6O5/c1-22(2)41-31(25-14-8-5-9-15-25)29(24-12-6-4-7-13-24)30(34(44)39-27-17-10-16-26(20-27)35(45)46)32(41)40-33(43)28(38-23(3)42)18-11-19-37-21-36/h4-10,12-17,20-22,28H,11,18-19H2,1-3H3,(H2,36,37)(H,38,42)(H,39,44)(H,40,43)(H,45,46). The number of hydrogen-bond donors (Lipinski definition) is 5. The Bertz CT molecular complexity index is 1730. The number of carboxylic acid groups (broad SMARTS) is 1. The topological polar surface area (TPSA) is 168 Å². The molecule has 0 saturated heterocycles. The van der Waals surface area contributed by atoms with E-state index in [0.29, 0.717) is 24.2 Å². The van der Waals surface area contributed by atoms with Crippen LogP contribution in [0.4, 0.5) is 11.5 Å². The highest BCUT2D eigenvalue weighted by atomic mass is 16.4. The van der Waals surface area contributed by atoms with Gasteiger partial charge in [-0.1, -0.05) is 66.7 Å². The second-order valence-corrected chi connectivity index (χ2v) is 10.9. The van der Waals surface area contributed by atoms with E-state index in [1.807, 2.05) is 79.1 Å². The Balaban J connectivity index is 1.95. The van der Waals surface area contributed by atoms with E-state index >= 15 is 0 Å². The number of rotatable bonds is 13. The fraction of sp³-hybridized carbons (Fsp3) is 0.229. The normalized spacial score (nSPS) is 11.7. The molecule has 11 heteroatoms. The Morgan fingerprint density at radius 3 is 2.15 bits per heavy atom. The quantitative estimate of drug-likeness (QED) is 0.0743. The molecule has 0 aliphatic carbocycles. The minimum absolute atomic E-state index is 0.0106. The lowest BCUT2D eigenvalue weighted by molar-refractivity contribution is -0.125. The molecule has 0 bridgehead atoms. The van der Waals surface area contributed by atoms with Gasteiger partial charge >= 0.3 is 5.97 Å². The maximum Gasteiger partial charge on any atom is 0.335 e. The molecular formula is C35H38N6O5. The summed E-state index contributed by atoms with van der Waals surface area (Å²) >= 11 is 0. The maximum absolute atomic E-state index is 14.4. The molecule has 0 saturated carbocycles. The van der Waals surface area contributed by atoms with Crippen LogP contribution in [0.3, 0.4) is 0 Å². The van der Waals surface area contributed by atoms with Gasteiger partial charge in [0.1, 0.15) is 11.9 Å². The summed E-state index contributed by atoms with van der Waals surface area (Å²) in [5, 5.41) is 18.1. The molecule has 238 valence electrons. The first-order valence-corrected chi connectivity index (χ1v) is 14.9. The van der Waals surface area contributed by atoms with Gasteiger partial charge in [0.25, 0.3) is 5.91 Å². The van der Waals surface area contributed by atoms with Crippen molar-refractivity contribution in [2.24, 2.45) is 10.7 Å². The first kappa shape index (κ1) is 33.2. The average Bonchev–Trinajstić information content (AvgIpc) is 3.38. The number of carbonyl (C=O) groups excluding carboxylic acids is 3. The molecule has 0 aliphatic rings. The minimum Gasteiger partial charge on any atom is -0.478 e. The van der Waals surface area contributed by atoms with Gasteiger partial charge in [0, 0.05) is 30.8 Å². The number of aliphatic imine (C=N–C) groups is 1. The molecule has 1 atom stereocenters. The molecule has 3 amide bonds. The predicted molar refractivity (Wildman–Crippen MR) is 180 cm³/mol. The summed E-state index contributed by atoms with van der Waals surface area (Å²) in [5.74, 6) is -2.34. The van der Waals surface area contributed by atoms with Crippen LogP contribution in [0, 0.1) is 0 Å². The van der Waals surface area contributed by atoms with Gasteiger partial charge in [-0.15, -0.1) is 0 Å². The lowest BCUT2D eigenvalue weighted by Gasteiger charge is -2.22. The van der Waals surface area contributed by atoms with Crippen molar-refractivity contribution in [1.29, 1.82) is 0 Å². The molecule has 0 fully saturated rings. The van der Waals surface area contributed by atoms with Crippen molar-refractivity contribution in [3.05, 3.63) is 96.1 Å². The minimum atomic E-state index is -1.13. The number of amides is 3. The van der Waals surface area contributed by atoms with E-state index in [1.165, 1.54) is 25.4 Å². The van der Waals surface area contributed by atoms with Crippen LogP contribution in [0.1, 0.15) is 60.4 Å². The third-order valence-electron chi connectivity index (χ3n) is 7.25. The van der Waals surface area contributed by atoms with Crippen LogP contribution in [0.2, 0.25) is 0 Å². The van der Waals surface area contributed by atoms with Crippen molar-refractivity contribution >= 4 is 41.5 Å². The fourth-order valence-corrected chi connectivity index (χ4v) is 5.32. The summed E-state index contributed by atoms with van der Waals surface area (Å²) in [6.45, 7) is 5.61. The number of nitrogens with zero attached hydrogens (tertiary/aromatic N) is 2. The number of carbonyl (C=O) groups is 4. The van der Waals surface area contributed by atoms with E-state index in [-0.39, 0.29) is 41.0 Å². The number of aromatic nitrogens is 1. The van der Waals surface area contributed by atoms with Crippen LogP contribution in [0.5, 0.6) is 0 Å². The molecule has 6 N–H and O–H groups in total. The van der Waals surface area contributed by atoms with Gasteiger partial charge < -0.3 is 31.4 Å². The molecule has 1 aromatic heterocycles. The molecule has 1 heterocycles. The van der Waals surface area contributed by atoms with Gasteiger partial charge in [0.15, 0.2) is 0 Å². The second-order valence-electron chi connectivity index (χ2n) is 10.9. The number of nitrogens with one attached hydrogen (secondary N) is 3. The Kier molecular flexibility index (Phi) is 11.1. The fourth-order valence-electron chi connectivity index (χ4n) is 5.32. The van der Waals surface area contributed by atoms with E-state index in [1.54, 1.807) is 12.1 Å². The molecule has 4 aromatic rings. The maximum atomic E-state index is 14.4. The third kappa shape index (κ3) is 7.86. The van der Waals surface area contributed by atoms with Gasteiger partial charge in [-0.05, 0) is 56.0 Å². The van der Waals surface area contributed by atoms with E-state index in [0.717, 1.165) is 11.1 Å². The lowest BCUT2D eigenvalue weighted by Crippen LogP contribution is -2.43. The molecule has 0 spiro atoms. The Hall–Kier alpha value is -5.71. The molecule has 1 unspecified atom stereocenters. The highest BCUT2D eigenvalue weighted by Gasteiger charge is 2.32. The zero-order valence-corrected chi connectivity index (χ0v) is 26.0. The Labute approximate surface area is 267 Å². The van der Waals surface area contributed by atoms with Crippen LogP contribution < -0.4 is 21.7 Å². The number of hydrogen-bond acceptors (Lipinski definition) is 5. The van der Waals surface area contributed by atoms with Crippen molar-refractivity contribution in [2.75, 3.05) is 17.2 Å². The summed E-state index contributed by atoms with van der Waals surface area (Å²) < 4.78 is 1.90. The number of benzene rings is 3. The monoisotopic (exact) mass is 622 g/mol. The molecule has 0 aliphatic heterocycles. The van der Waals surface area contributed by atoms with Crippen LogP contribution in [-0.4, -0.2) is 52.3 Å². The van der Waals surface area contributed by atoms with Gasteiger partial charge in [-0.2, -0.15) is 0 Å². The molecule has 46 heavy (non-hydrogen) atoms. The van der Waals surface area contributed by atoms with E-state index in [4.69, 9.17) is 5.73 Å². The lowest BCUT2D eigenvalue weighted by atomic mass is 9.96. The van der Waals surface area contributed by atoms with Crippen molar-refractivity contribution in [1.82, 2.24) is 9.88 Å². The Morgan fingerprint density at radius 2 is 1.57 bits per heavy atom. The number of nitrogens with two attached hydrogens (primary N) is 1. The summed E-state index contributed by atoms with van der Waals surface area (Å²) in [6, 6.07) is 23.7. The van der Waals surface area contributed by atoms with Crippen LogP contribution in [0.25, 0.3) is 22.4 Å². The molecular weight excluding hydrogens is 584 g/mol. The first-order valence-electron chi connectivity index (χ1n) is 14.9. The van der Waals surface area contributed by atoms with Gasteiger partial charge in [0.05, 0.1) is 23.2 Å². The molecule has 4 rings (SSSR count). The molecule has 11 nitrogen and oxygen atoms in total. The van der Waals surface area contributed by atoms with Gasteiger partial charge in [-0.3, -0.25) is 19.4 Å². The van der Waals surface area contributed by atoms with Gasteiger partial charge in [0.2, 0.25) is 11.8 Å². The number of carboxylic acids is 1. The largest absolute Gasteiger partial charge is 0.478 e. The first-order chi connectivity index (χ1) is 22.1. The van der Waals surface area contributed by atoms with Crippen molar-refractivity contribution < 1.29 is 24.3 Å². The van der Waals surface area contributed by atoms with E-state index in [9.17, 15) is 24.3 Å². The number of anilines is 2. The zero-order valence-electron chi connectivity index (χ0n) is 26.0. The second kappa shape index (κ2) is 15.3. The van der Waals surface area contributed by atoms with Gasteiger partial charge in [-0.25, -0.2) is 4.79 Å². The summed E-state index contributed by atoms with van der Waals surface area (Å²) in [7, 11) is 0. The van der Waals surface area contributed by atoms with Crippen LogP contribution >= 0.6 is 0 Å². The molecule has 3 aromatic carbocycles. The summed E-state index contributed by atoms with van der Waals surface area (Å²) in [4.78, 5) is 56.1. The smallest absolute Gasteiger partial charge is 0.335 e. The van der Waals surface area contributed by atoms with Crippen molar-refractivity contribution in [2.45, 2.75) is 45.7 Å². The highest BCUT2D eigenvalue weighted by Crippen LogP contribution is 2.44. The summed E-state index contributed by atoms with van der Waals surface area (Å²) in [5.41, 5.74) is 8.66. The highest BCUT2D eigenvalue weighted by molar-refractivity contribution is 6.17. The zero-order chi connectivity index (χ0) is 33.2. The molecule has 0 radical (unpaired) electrons.